The van der Waals surface area contributed by atoms with Crippen molar-refractivity contribution in [3.8, 4) is 0 Å². The van der Waals surface area contributed by atoms with Crippen LogP contribution in [0.3, 0.4) is 0 Å². The summed E-state index contributed by atoms with van der Waals surface area (Å²) < 4.78 is 0. The summed E-state index contributed by atoms with van der Waals surface area (Å²) in [5.41, 5.74) is 5.79. The Kier molecular flexibility index (Phi) is 2.37. The summed E-state index contributed by atoms with van der Waals surface area (Å²) >= 11 is 0. The summed E-state index contributed by atoms with van der Waals surface area (Å²) in [6.45, 7) is 3.53. The van der Waals surface area contributed by atoms with Crippen molar-refractivity contribution in [1.29, 1.82) is 0 Å². The van der Waals surface area contributed by atoms with E-state index in [9.17, 15) is 0 Å². The third kappa shape index (κ3) is 1.38. The highest BCUT2D eigenvalue weighted by Gasteiger charge is 2.37. The SMILES string of the molecule is CN1CC2CCCC(CN)C2C1. The van der Waals surface area contributed by atoms with E-state index >= 15 is 0 Å². The zero-order valence-electron chi connectivity index (χ0n) is 8.00. The topological polar surface area (TPSA) is 29.3 Å². The summed E-state index contributed by atoms with van der Waals surface area (Å²) in [5, 5.41) is 0. The van der Waals surface area contributed by atoms with Crippen LogP contribution in [0.5, 0.6) is 0 Å². The Morgan fingerprint density at radius 3 is 2.92 bits per heavy atom. The van der Waals surface area contributed by atoms with Crippen molar-refractivity contribution in [2.45, 2.75) is 19.3 Å². The molecule has 0 aromatic rings. The molecule has 2 N–H and O–H groups in total. The van der Waals surface area contributed by atoms with Gasteiger partial charge in [0.05, 0.1) is 0 Å². The molecule has 1 saturated heterocycles. The van der Waals surface area contributed by atoms with Crippen LogP contribution in [0.25, 0.3) is 0 Å². The Hall–Kier alpha value is -0.0800. The zero-order valence-corrected chi connectivity index (χ0v) is 8.00. The first-order valence-corrected chi connectivity index (χ1v) is 5.20. The Morgan fingerprint density at radius 1 is 1.33 bits per heavy atom. The molecule has 0 radical (unpaired) electrons. The van der Waals surface area contributed by atoms with Crippen LogP contribution in [0.15, 0.2) is 0 Å². The minimum atomic E-state index is 0.827. The number of likely N-dealkylation sites (tertiary alicyclic amines) is 1. The fourth-order valence-corrected chi connectivity index (χ4v) is 3.11. The van der Waals surface area contributed by atoms with E-state index in [2.05, 4.69) is 11.9 Å². The van der Waals surface area contributed by atoms with Gasteiger partial charge in [0.1, 0.15) is 0 Å². The molecule has 2 heteroatoms. The van der Waals surface area contributed by atoms with E-state index in [4.69, 9.17) is 5.73 Å². The minimum Gasteiger partial charge on any atom is -0.330 e. The van der Waals surface area contributed by atoms with E-state index in [-0.39, 0.29) is 0 Å². The van der Waals surface area contributed by atoms with Crippen LogP contribution in [-0.4, -0.2) is 31.6 Å². The second kappa shape index (κ2) is 3.35. The number of nitrogens with zero attached hydrogens (tertiary/aromatic N) is 1. The molecule has 2 nitrogen and oxygen atoms in total. The van der Waals surface area contributed by atoms with Gasteiger partial charge in [0.25, 0.3) is 0 Å². The predicted molar refractivity (Wildman–Crippen MR) is 50.9 cm³/mol. The first kappa shape index (κ1) is 8.52. The Bertz CT molecular complexity index is 152. The summed E-state index contributed by atoms with van der Waals surface area (Å²) in [6.07, 6.45) is 4.24. The maximum atomic E-state index is 5.79. The normalized spacial score (nSPS) is 43.0. The number of hydrogen-bond donors (Lipinski definition) is 1. The van der Waals surface area contributed by atoms with Gasteiger partial charge in [0, 0.05) is 13.1 Å². The molecule has 12 heavy (non-hydrogen) atoms. The first-order valence-electron chi connectivity index (χ1n) is 5.20. The number of fused-ring (bicyclic) bond motifs is 1. The molecule has 3 atom stereocenters. The lowest BCUT2D eigenvalue weighted by Gasteiger charge is -2.32. The fourth-order valence-electron chi connectivity index (χ4n) is 3.11. The van der Waals surface area contributed by atoms with Crippen molar-refractivity contribution in [3.05, 3.63) is 0 Å². The monoisotopic (exact) mass is 168 g/mol. The molecule has 70 valence electrons. The van der Waals surface area contributed by atoms with Gasteiger partial charge in [-0.15, -0.1) is 0 Å². The molecule has 0 aromatic carbocycles. The van der Waals surface area contributed by atoms with Crippen molar-refractivity contribution in [1.82, 2.24) is 4.90 Å². The third-order valence-corrected chi connectivity index (χ3v) is 3.73. The number of rotatable bonds is 1. The van der Waals surface area contributed by atoms with Gasteiger partial charge in [-0.1, -0.05) is 6.42 Å². The van der Waals surface area contributed by atoms with Gasteiger partial charge in [-0.3, -0.25) is 0 Å². The van der Waals surface area contributed by atoms with Gasteiger partial charge in [-0.05, 0) is 44.2 Å². The quantitative estimate of drug-likeness (QED) is 0.631. The standard InChI is InChI=1S/C10H20N2/c1-12-6-9-4-2-3-8(5-11)10(9)7-12/h8-10H,2-7,11H2,1H3. The molecule has 2 fully saturated rings. The largest absolute Gasteiger partial charge is 0.330 e. The Labute approximate surface area is 75.1 Å². The van der Waals surface area contributed by atoms with Crippen LogP contribution in [-0.2, 0) is 0 Å². The molecule has 0 spiro atoms. The lowest BCUT2D eigenvalue weighted by molar-refractivity contribution is 0.204. The molecule has 3 unspecified atom stereocenters. The summed E-state index contributed by atoms with van der Waals surface area (Å²) in [5.74, 6) is 2.72. The molecule has 1 aliphatic carbocycles. The van der Waals surface area contributed by atoms with Crippen molar-refractivity contribution in [2.75, 3.05) is 26.7 Å². The molecule has 1 aliphatic heterocycles. The highest BCUT2D eigenvalue weighted by molar-refractivity contribution is 4.90. The smallest absolute Gasteiger partial charge is 0.00130 e. The molecule has 2 rings (SSSR count). The molecular weight excluding hydrogens is 148 g/mol. The molecule has 0 aromatic heterocycles. The van der Waals surface area contributed by atoms with E-state index in [1.165, 1.54) is 32.4 Å². The van der Waals surface area contributed by atoms with Crippen molar-refractivity contribution >= 4 is 0 Å². The van der Waals surface area contributed by atoms with Crippen LogP contribution in [0.2, 0.25) is 0 Å². The molecular formula is C10H20N2. The molecule has 1 heterocycles. The molecule has 2 aliphatic rings. The first-order chi connectivity index (χ1) is 5.81. The van der Waals surface area contributed by atoms with Crippen LogP contribution in [0.1, 0.15) is 19.3 Å². The number of nitrogens with two attached hydrogens (primary N) is 1. The van der Waals surface area contributed by atoms with E-state index in [0.29, 0.717) is 0 Å². The van der Waals surface area contributed by atoms with Crippen LogP contribution < -0.4 is 5.73 Å². The third-order valence-electron chi connectivity index (χ3n) is 3.73. The second-order valence-electron chi connectivity index (χ2n) is 4.57. The maximum Gasteiger partial charge on any atom is 0.00130 e. The average Bonchev–Trinajstić information content (AvgIpc) is 2.44. The number of hydrogen-bond acceptors (Lipinski definition) is 2. The molecule has 0 bridgehead atoms. The van der Waals surface area contributed by atoms with Crippen molar-refractivity contribution < 1.29 is 0 Å². The zero-order chi connectivity index (χ0) is 8.55. The van der Waals surface area contributed by atoms with E-state index in [0.717, 1.165) is 24.3 Å². The van der Waals surface area contributed by atoms with Gasteiger partial charge < -0.3 is 10.6 Å². The maximum absolute atomic E-state index is 5.79. The van der Waals surface area contributed by atoms with Gasteiger partial charge in [0.15, 0.2) is 0 Å². The van der Waals surface area contributed by atoms with Crippen LogP contribution in [0.4, 0.5) is 0 Å². The second-order valence-corrected chi connectivity index (χ2v) is 4.57. The summed E-state index contributed by atoms with van der Waals surface area (Å²) in [7, 11) is 2.24. The predicted octanol–water partition coefficient (Wildman–Crippen LogP) is 0.923. The molecule has 0 amide bonds. The highest BCUT2D eigenvalue weighted by atomic mass is 15.1. The van der Waals surface area contributed by atoms with Gasteiger partial charge in [-0.25, -0.2) is 0 Å². The summed E-state index contributed by atoms with van der Waals surface area (Å²) in [6, 6.07) is 0. The van der Waals surface area contributed by atoms with Crippen molar-refractivity contribution in [3.63, 3.8) is 0 Å². The Morgan fingerprint density at radius 2 is 2.17 bits per heavy atom. The van der Waals surface area contributed by atoms with Gasteiger partial charge >= 0.3 is 0 Å². The van der Waals surface area contributed by atoms with Gasteiger partial charge in [0.2, 0.25) is 0 Å². The van der Waals surface area contributed by atoms with Gasteiger partial charge in [-0.2, -0.15) is 0 Å². The lowest BCUT2D eigenvalue weighted by Crippen LogP contribution is -2.32. The molecule has 1 saturated carbocycles. The van der Waals surface area contributed by atoms with Crippen molar-refractivity contribution in [2.24, 2.45) is 23.5 Å². The van der Waals surface area contributed by atoms with E-state index in [1.807, 2.05) is 0 Å². The van der Waals surface area contributed by atoms with E-state index in [1.54, 1.807) is 0 Å². The lowest BCUT2D eigenvalue weighted by atomic mass is 9.74. The Balaban J connectivity index is 2.02. The average molecular weight is 168 g/mol. The minimum absolute atomic E-state index is 0.827. The van der Waals surface area contributed by atoms with E-state index < -0.39 is 0 Å². The van der Waals surface area contributed by atoms with Crippen LogP contribution >= 0.6 is 0 Å². The van der Waals surface area contributed by atoms with Crippen LogP contribution in [0, 0.1) is 17.8 Å². The fraction of sp³-hybridized carbons (Fsp3) is 1.00. The highest BCUT2D eigenvalue weighted by Crippen LogP contribution is 2.38. The summed E-state index contributed by atoms with van der Waals surface area (Å²) in [4.78, 5) is 2.48.